The predicted octanol–water partition coefficient (Wildman–Crippen LogP) is 2.80. The molecule has 0 aliphatic carbocycles. The highest BCUT2D eigenvalue weighted by Crippen LogP contribution is 2.28. The molecule has 0 aliphatic rings. The van der Waals surface area contributed by atoms with Crippen LogP contribution in [0.25, 0.3) is 0 Å². The first-order chi connectivity index (χ1) is 7.49. The van der Waals surface area contributed by atoms with E-state index in [-0.39, 0.29) is 4.21 Å². The van der Waals surface area contributed by atoms with Crippen LogP contribution in [0.3, 0.4) is 0 Å². The molecule has 0 fully saturated rings. The molecule has 0 unspecified atom stereocenters. The molecule has 0 saturated heterocycles. The third-order valence-corrected chi connectivity index (χ3v) is 5.71. The Bertz CT molecular complexity index is 605. The van der Waals surface area contributed by atoms with Crippen molar-refractivity contribution in [1.29, 1.82) is 0 Å². The first kappa shape index (κ1) is 12.1. The Hall–Kier alpha value is -0.380. The van der Waals surface area contributed by atoms with Crippen LogP contribution in [0.2, 0.25) is 0 Å². The second-order valence-electron chi connectivity index (χ2n) is 2.76. The fraction of sp³-hybridized carbons (Fsp3) is 0. The van der Waals surface area contributed by atoms with Gasteiger partial charge >= 0.3 is 0 Å². The molecule has 0 radical (unpaired) electrons. The Labute approximate surface area is 113 Å². The number of nitrogens with one attached hydrogen (secondary N) is 2. The van der Waals surface area contributed by atoms with Gasteiger partial charge in [0.1, 0.15) is 10.0 Å². The van der Waals surface area contributed by atoms with Crippen molar-refractivity contribution in [2.24, 2.45) is 0 Å². The average molecular weight is 387 g/mol. The first-order valence-corrected chi connectivity index (χ1v) is 7.84. The molecule has 2 aromatic heterocycles. The molecule has 0 aliphatic heterocycles. The van der Waals surface area contributed by atoms with Gasteiger partial charge in [0.05, 0.1) is 14.5 Å². The van der Waals surface area contributed by atoms with Crippen LogP contribution in [0.15, 0.2) is 30.8 Å². The van der Waals surface area contributed by atoms with Crippen molar-refractivity contribution in [3.8, 4) is 0 Å². The summed E-state index contributed by atoms with van der Waals surface area (Å²) in [7, 11) is -3.55. The minimum Gasteiger partial charge on any atom is -0.262 e. The maximum absolute atomic E-state index is 11.9. The van der Waals surface area contributed by atoms with Crippen molar-refractivity contribution >= 4 is 59.0 Å². The van der Waals surface area contributed by atoms with Crippen LogP contribution < -0.4 is 4.72 Å². The number of rotatable bonds is 3. The summed E-state index contributed by atoms with van der Waals surface area (Å²) in [6, 6.07) is 3.21. The summed E-state index contributed by atoms with van der Waals surface area (Å²) in [4.78, 5) is 0. The second-order valence-corrected chi connectivity index (χ2v) is 7.98. The fourth-order valence-corrected chi connectivity index (χ4v) is 4.44. The Morgan fingerprint density at radius 1 is 1.38 bits per heavy atom. The Balaban J connectivity index is 2.31. The average Bonchev–Trinajstić information content (AvgIpc) is 2.77. The minimum atomic E-state index is -3.55. The standard InChI is InChI=1S/C7H5Br2N3O2S2/c8-4-3-10-11-7(4)12-16(13,14)6-2-1-5(9)15-6/h1-3H,(H2,10,11,12). The minimum absolute atomic E-state index is 0.237. The van der Waals surface area contributed by atoms with Gasteiger partial charge in [-0.15, -0.1) is 11.3 Å². The molecule has 2 heterocycles. The first-order valence-electron chi connectivity index (χ1n) is 3.96. The molecule has 2 rings (SSSR count). The number of aromatic amines is 1. The molecule has 0 bridgehead atoms. The summed E-state index contributed by atoms with van der Waals surface area (Å²) in [6.45, 7) is 0. The van der Waals surface area contributed by atoms with Crippen LogP contribution in [0.4, 0.5) is 5.82 Å². The third-order valence-electron chi connectivity index (χ3n) is 1.64. The summed E-state index contributed by atoms with van der Waals surface area (Å²) in [5.74, 6) is 0.310. The van der Waals surface area contributed by atoms with Crippen LogP contribution in [0.5, 0.6) is 0 Å². The Morgan fingerprint density at radius 2 is 2.12 bits per heavy atom. The van der Waals surface area contributed by atoms with Gasteiger partial charge in [0.15, 0.2) is 0 Å². The molecule has 0 saturated carbocycles. The van der Waals surface area contributed by atoms with Gasteiger partial charge in [-0.3, -0.25) is 9.82 Å². The molecular formula is C7H5Br2N3O2S2. The topological polar surface area (TPSA) is 74.8 Å². The van der Waals surface area contributed by atoms with Gasteiger partial charge in [-0.1, -0.05) is 0 Å². The molecule has 5 nitrogen and oxygen atoms in total. The number of thiophene rings is 1. The van der Waals surface area contributed by atoms with E-state index in [1.165, 1.54) is 12.3 Å². The van der Waals surface area contributed by atoms with Crippen LogP contribution >= 0.6 is 43.2 Å². The van der Waals surface area contributed by atoms with E-state index in [2.05, 4.69) is 46.8 Å². The van der Waals surface area contributed by atoms with Crippen molar-refractivity contribution in [3.05, 3.63) is 26.6 Å². The van der Waals surface area contributed by atoms with E-state index in [0.29, 0.717) is 10.3 Å². The molecule has 9 heteroatoms. The smallest absolute Gasteiger partial charge is 0.262 e. The van der Waals surface area contributed by atoms with E-state index in [4.69, 9.17) is 0 Å². The van der Waals surface area contributed by atoms with E-state index in [1.807, 2.05) is 0 Å². The van der Waals surface area contributed by atoms with Gasteiger partial charge in [-0.05, 0) is 44.0 Å². The van der Waals surface area contributed by atoms with Gasteiger partial charge < -0.3 is 0 Å². The second kappa shape index (κ2) is 4.47. The van der Waals surface area contributed by atoms with Crippen LogP contribution in [0, 0.1) is 0 Å². The quantitative estimate of drug-likeness (QED) is 0.851. The van der Waals surface area contributed by atoms with E-state index in [0.717, 1.165) is 15.1 Å². The molecule has 86 valence electrons. The van der Waals surface area contributed by atoms with Crippen molar-refractivity contribution in [1.82, 2.24) is 10.2 Å². The normalized spacial score (nSPS) is 11.6. The Morgan fingerprint density at radius 3 is 2.62 bits per heavy atom. The number of sulfonamides is 1. The van der Waals surface area contributed by atoms with Crippen molar-refractivity contribution < 1.29 is 8.42 Å². The monoisotopic (exact) mass is 385 g/mol. The highest BCUT2D eigenvalue weighted by molar-refractivity contribution is 9.11. The van der Waals surface area contributed by atoms with Crippen LogP contribution in [-0.4, -0.2) is 18.6 Å². The highest BCUT2D eigenvalue weighted by atomic mass is 79.9. The number of anilines is 1. The summed E-state index contributed by atoms with van der Waals surface area (Å²) < 4.78 is 27.7. The lowest BCUT2D eigenvalue weighted by molar-refractivity contribution is 0.603. The van der Waals surface area contributed by atoms with Crippen molar-refractivity contribution in [2.45, 2.75) is 4.21 Å². The van der Waals surface area contributed by atoms with Gasteiger partial charge in [-0.2, -0.15) is 5.10 Å². The summed E-state index contributed by atoms with van der Waals surface area (Å²) in [5, 5.41) is 6.24. The number of hydrogen-bond donors (Lipinski definition) is 2. The van der Waals surface area contributed by atoms with Gasteiger partial charge in [0, 0.05) is 0 Å². The van der Waals surface area contributed by atoms with E-state index in [1.54, 1.807) is 6.07 Å². The molecule has 0 atom stereocenters. The molecule has 16 heavy (non-hydrogen) atoms. The predicted molar refractivity (Wildman–Crippen MR) is 69.1 cm³/mol. The zero-order chi connectivity index (χ0) is 11.8. The lowest BCUT2D eigenvalue weighted by atomic mass is 10.7. The van der Waals surface area contributed by atoms with Crippen LogP contribution in [-0.2, 0) is 10.0 Å². The van der Waals surface area contributed by atoms with Crippen molar-refractivity contribution in [2.75, 3.05) is 4.72 Å². The number of H-pyrrole nitrogens is 1. The molecule has 2 aromatic rings. The lowest BCUT2D eigenvalue weighted by Crippen LogP contribution is -2.12. The summed E-state index contributed by atoms with van der Waals surface area (Å²) in [6.07, 6.45) is 1.47. The SMILES string of the molecule is O=S(=O)(Nc1[nH]ncc1Br)c1ccc(Br)s1. The molecule has 2 N–H and O–H groups in total. The van der Waals surface area contributed by atoms with E-state index >= 15 is 0 Å². The number of halogens is 2. The largest absolute Gasteiger partial charge is 0.272 e. The van der Waals surface area contributed by atoms with Gasteiger partial charge in [0.25, 0.3) is 10.0 Å². The van der Waals surface area contributed by atoms with Gasteiger partial charge in [-0.25, -0.2) is 8.42 Å². The van der Waals surface area contributed by atoms with Gasteiger partial charge in [0.2, 0.25) is 0 Å². The zero-order valence-corrected chi connectivity index (χ0v) is 12.4. The number of aromatic nitrogens is 2. The van der Waals surface area contributed by atoms with Crippen molar-refractivity contribution in [3.63, 3.8) is 0 Å². The van der Waals surface area contributed by atoms with E-state index in [9.17, 15) is 8.42 Å². The van der Waals surface area contributed by atoms with Crippen LogP contribution in [0.1, 0.15) is 0 Å². The Kier molecular flexibility index (Phi) is 3.38. The summed E-state index contributed by atoms with van der Waals surface area (Å²) in [5.41, 5.74) is 0. The molecular weight excluding hydrogens is 382 g/mol. The third kappa shape index (κ3) is 2.47. The summed E-state index contributed by atoms with van der Waals surface area (Å²) >= 11 is 7.52. The molecule has 0 aromatic carbocycles. The highest BCUT2D eigenvalue weighted by Gasteiger charge is 2.18. The number of hydrogen-bond acceptors (Lipinski definition) is 4. The maximum atomic E-state index is 11.9. The number of nitrogens with zero attached hydrogens (tertiary/aromatic N) is 1. The maximum Gasteiger partial charge on any atom is 0.272 e. The molecule has 0 amide bonds. The fourth-order valence-electron chi connectivity index (χ4n) is 0.970. The molecule has 0 spiro atoms. The van der Waals surface area contributed by atoms with E-state index < -0.39 is 10.0 Å². The zero-order valence-electron chi connectivity index (χ0n) is 7.57. The lowest BCUT2D eigenvalue weighted by Gasteiger charge is -2.03.